The molecular weight excluding hydrogens is 410 g/mol. The third-order valence-corrected chi connectivity index (χ3v) is 12.0. The Hall–Kier alpha value is -1.54. The van der Waals surface area contributed by atoms with Crippen molar-refractivity contribution < 1.29 is 9.22 Å². The van der Waals surface area contributed by atoms with Crippen LogP contribution in [0.15, 0.2) is 29.8 Å². The molecule has 1 saturated heterocycles. The summed E-state index contributed by atoms with van der Waals surface area (Å²) in [5.41, 5.74) is 5.19. The van der Waals surface area contributed by atoms with Crippen LogP contribution >= 0.6 is 11.3 Å². The highest BCUT2D eigenvalue weighted by Gasteiger charge is 2.41. The first-order valence-electron chi connectivity index (χ1n) is 10.7. The first-order chi connectivity index (χ1) is 14.0. The number of benzene rings is 1. The largest absolute Gasteiger partial charge is 0.413 e. The second-order valence-electron chi connectivity index (χ2n) is 9.82. The molecule has 3 atom stereocenters. The topological polar surface area (TPSA) is 63.2 Å². The lowest BCUT2D eigenvalue weighted by Gasteiger charge is -2.38. The third-order valence-electron chi connectivity index (χ3n) is 6.45. The summed E-state index contributed by atoms with van der Waals surface area (Å²) in [6.45, 7) is 16.1. The third kappa shape index (κ3) is 5.19. The summed E-state index contributed by atoms with van der Waals surface area (Å²) in [5.74, 6) is 0.0474. The molecule has 1 aromatic carbocycles. The van der Waals surface area contributed by atoms with E-state index in [-0.39, 0.29) is 29.1 Å². The lowest BCUT2D eigenvalue weighted by atomic mass is 10.0. The van der Waals surface area contributed by atoms with Crippen LogP contribution in [0, 0.1) is 6.92 Å². The van der Waals surface area contributed by atoms with E-state index in [0.29, 0.717) is 0 Å². The number of hydrogen-bond donors (Lipinski definition) is 2. The first kappa shape index (κ1) is 23.1. The van der Waals surface area contributed by atoms with Crippen molar-refractivity contribution in [2.75, 3.05) is 6.54 Å². The van der Waals surface area contributed by atoms with Crippen molar-refractivity contribution in [2.45, 2.75) is 77.4 Å². The number of carbonyl (C=O) groups excluding carboxylic acids is 1. The molecule has 0 aliphatic carbocycles. The van der Waals surface area contributed by atoms with Crippen LogP contribution in [0.5, 0.6) is 0 Å². The molecule has 2 aromatic rings. The van der Waals surface area contributed by atoms with Gasteiger partial charge < -0.3 is 15.1 Å². The number of nitrogens with one attached hydrogen (secondary N) is 2. The SMILES string of the molecule is Cc1ncsc1-c1ccc([C@H](C)NC(=O)C2CC(O[Si](C)(C)C(C)(C)C)CN2)cc1. The summed E-state index contributed by atoms with van der Waals surface area (Å²) >= 11 is 1.65. The predicted molar refractivity (Wildman–Crippen MR) is 127 cm³/mol. The smallest absolute Gasteiger partial charge is 0.237 e. The maximum atomic E-state index is 12.8. The van der Waals surface area contributed by atoms with Crippen LogP contribution in [0.1, 0.15) is 51.4 Å². The maximum absolute atomic E-state index is 12.8. The first-order valence-corrected chi connectivity index (χ1v) is 14.5. The molecule has 1 fully saturated rings. The second kappa shape index (κ2) is 8.90. The minimum atomic E-state index is -1.83. The van der Waals surface area contributed by atoms with Crippen LogP contribution in [-0.2, 0) is 9.22 Å². The molecule has 0 spiro atoms. The van der Waals surface area contributed by atoms with Crippen molar-refractivity contribution in [1.29, 1.82) is 0 Å². The fourth-order valence-electron chi connectivity index (χ4n) is 3.49. The quantitative estimate of drug-likeness (QED) is 0.611. The average Bonchev–Trinajstić information content (AvgIpc) is 3.29. The van der Waals surface area contributed by atoms with Gasteiger partial charge in [-0.15, -0.1) is 11.3 Å². The van der Waals surface area contributed by atoms with Crippen LogP contribution in [0.25, 0.3) is 10.4 Å². The molecule has 0 saturated carbocycles. The van der Waals surface area contributed by atoms with Gasteiger partial charge in [0.05, 0.1) is 34.3 Å². The number of carbonyl (C=O) groups is 1. The zero-order valence-electron chi connectivity index (χ0n) is 19.2. The fourth-order valence-corrected chi connectivity index (χ4v) is 5.66. The van der Waals surface area contributed by atoms with E-state index < -0.39 is 8.32 Å². The molecule has 1 aromatic heterocycles. The van der Waals surface area contributed by atoms with E-state index in [1.165, 1.54) is 10.4 Å². The molecule has 3 rings (SSSR count). The molecule has 5 nitrogen and oxygen atoms in total. The van der Waals surface area contributed by atoms with Crippen LogP contribution < -0.4 is 10.6 Å². The van der Waals surface area contributed by atoms with E-state index in [9.17, 15) is 4.79 Å². The summed E-state index contributed by atoms with van der Waals surface area (Å²) in [5, 5.41) is 6.69. The molecule has 30 heavy (non-hydrogen) atoms. The molecule has 7 heteroatoms. The number of aryl methyl sites for hydroxylation is 1. The Morgan fingerprint density at radius 3 is 2.53 bits per heavy atom. The number of rotatable bonds is 6. The highest BCUT2D eigenvalue weighted by Crippen LogP contribution is 2.38. The van der Waals surface area contributed by atoms with Crippen molar-refractivity contribution >= 4 is 25.6 Å². The summed E-state index contributed by atoms with van der Waals surface area (Å²) in [6, 6.07) is 8.15. The predicted octanol–water partition coefficient (Wildman–Crippen LogP) is 5.05. The van der Waals surface area contributed by atoms with Crippen molar-refractivity contribution in [3.8, 4) is 10.4 Å². The zero-order valence-corrected chi connectivity index (χ0v) is 21.0. The van der Waals surface area contributed by atoms with Crippen LogP contribution in [-0.4, -0.2) is 37.9 Å². The molecule has 1 aliphatic heterocycles. The zero-order chi connectivity index (χ0) is 22.1. The molecule has 0 bridgehead atoms. The van der Waals surface area contributed by atoms with Crippen molar-refractivity contribution in [2.24, 2.45) is 0 Å². The number of nitrogens with zero attached hydrogens (tertiary/aromatic N) is 1. The fraction of sp³-hybridized carbons (Fsp3) is 0.565. The van der Waals surface area contributed by atoms with E-state index in [1.54, 1.807) is 11.3 Å². The maximum Gasteiger partial charge on any atom is 0.237 e. The van der Waals surface area contributed by atoms with Gasteiger partial charge in [-0.05, 0) is 49.5 Å². The van der Waals surface area contributed by atoms with Crippen molar-refractivity contribution in [3.63, 3.8) is 0 Å². The minimum Gasteiger partial charge on any atom is -0.413 e. The molecular formula is C23H35N3O2SSi. The van der Waals surface area contributed by atoms with Gasteiger partial charge in [0.25, 0.3) is 0 Å². The summed E-state index contributed by atoms with van der Waals surface area (Å²) in [4.78, 5) is 18.3. The van der Waals surface area contributed by atoms with Crippen molar-refractivity contribution in [1.82, 2.24) is 15.6 Å². The molecule has 164 valence electrons. The van der Waals surface area contributed by atoms with E-state index in [1.807, 2.05) is 19.4 Å². The minimum absolute atomic E-state index is 0.0451. The Morgan fingerprint density at radius 1 is 1.30 bits per heavy atom. The molecule has 1 amide bonds. The van der Waals surface area contributed by atoms with Gasteiger partial charge in [-0.25, -0.2) is 4.98 Å². The van der Waals surface area contributed by atoms with Crippen LogP contribution in [0.4, 0.5) is 0 Å². The van der Waals surface area contributed by atoms with Gasteiger partial charge in [0.15, 0.2) is 8.32 Å². The molecule has 2 N–H and O–H groups in total. The Morgan fingerprint density at radius 2 is 1.97 bits per heavy atom. The Kier molecular flexibility index (Phi) is 6.86. The van der Waals surface area contributed by atoms with Crippen LogP contribution in [0.2, 0.25) is 18.1 Å². The Balaban J connectivity index is 1.55. The highest BCUT2D eigenvalue weighted by atomic mass is 32.1. The van der Waals surface area contributed by atoms with Gasteiger partial charge in [-0.1, -0.05) is 45.0 Å². The normalized spacial score (nSPS) is 20.9. The number of thiazole rings is 1. The number of amides is 1. The number of hydrogen-bond acceptors (Lipinski definition) is 5. The van der Waals surface area contributed by atoms with Gasteiger partial charge in [0, 0.05) is 6.54 Å². The lowest BCUT2D eigenvalue weighted by molar-refractivity contribution is -0.123. The van der Waals surface area contributed by atoms with E-state index in [4.69, 9.17) is 4.43 Å². The highest BCUT2D eigenvalue weighted by molar-refractivity contribution is 7.13. The molecule has 2 heterocycles. The summed E-state index contributed by atoms with van der Waals surface area (Å²) < 4.78 is 6.48. The van der Waals surface area contributed by atoms with Gasteiger partial charge >= 0.3 is 0 Å². The van der Waals surface area contributed by atoms with Gasteiger partial charge in [0.2, 0.25) is 5.91 Å². The van der Waals surface area contributed by atoms with Crippen LogP contribution in [0.3, 0.4) is 0 Å². The second-order valence-corrected chi connectivity index (χ2v) is 15.4. The Labute approximate surface area is 185 Å². The summed E-state index contributed by atoms with van der Waals surface area (Å²) in [7, 11) is -1.83. The molecule has 0 radical (unpaired) electrons. The molecule has 2 unspecified atom stereocenters. The Bertz CT molecular complexity index is 873. The average molecular weight is 446 g/mol. The van der Waals surface area contributed by atoms with E-state index in [2.05, 4.69) is 73.7 Å². The van der Waals surface area contributed by atoms with Gasteiger partial charge in [0.1, 0.15) is 0 Å². The summed E-state index contributed by atoms with van der Waals surface area (Å²) in [6.07, 6.45) is 0.841. The van der Waals surface area contributed by atoms with Gasteiger partial charge in [-0.3, -0.25) is 4.79 Å². The lowest BCUT2D eigenvalue weighted by Crippen LogP contribution is -2.44. The standard InChI is InChI=1S/C23H35N3O2SSi/c1-15(17-8-10-18(11-9-17)21-16(2)25-14-29-21)26-22(27)20-12-19(13-24-20)28-30(6,7)23(3,4)5/h8-11,14-15,19-20,24H,12-13H2,1-7H3,(H,26,27)/t15-,19?,20?/m0/s1. The van der Waals surface area contributed by atoms with Crippen molar-refractivity contribution in [3.05, 3.63) is 41.0 Å². The van der Waals surface area contributed by atoms with E-state index in [0.717, 1.165) is 24.2 Å². The van der Waals surface area contributed by atoms with E-state index >= 15 is 0 Å². The van der Waals surface area contributed by atoms with Gasteiger partial charge in [-0.2, -0.15) is 0 Å². The number of aromatic nitrogens is 1. The monoisotopic (exact) mass is 445 g/mol. The molecule has 1 aliphatic rings.